The van der Waals surface area contributed by atoms with E-state index in [0.717, 1.165) is 48.3 Å². The van der Waals surface area contributed by atoms with Gasteiger partial charge in [-0.15, -0.1) is 17.0 Å². The van der Waals surface area contributed by atoms with Crippen LogP contribution >= 0.6 is 17.0 Å². The lowest BCUT2D eigenvalue weighted by atomic mass is 9.54. The van der Waals surface area contributed by atoms with Crippen LogP contribution in [0.1, 0.15) is 44.1 Å². The van der Waals surface area contributed by atoms with Crippen molar-refractivity contribution in [3.05, 3.63) is 29.8 Å². The second kappa shape index (κ2) is 5.88. The fourth-order valence-corrected chi connectivity index (χ4v) is 5.24. The fraction of sp³-hybridized carbons (Fsp3) is 0.611. The number of nitrogens with two attached hydrogens (primary N) is 1. The first kappa shape index (κ1) is 15.9. The summed E-state index contributed by atoms with van der Waals surface area (Å²) in [6.07, 6.45) is 7.78. The average Bonchev–Trinajstić information content (AvgIpc) is 2.39. The summed E-state index contributed by atoms with van der Waals surface area (Å²) in [5.41, 5.74) is 7.27. The summed E-state index contributed by atoms with van der Waals surface area (Å²) in [7, 11) is 0. The van der Waals surface area contributed by atoms with Crippen molar-refractivity contribution < 1.29 is 9.53 Å². The van der Waals surface area contributed by atoms with Gasteiger partial charge in [-0.2, -0.15) is 0 Å². The van der Waals surface area contributed by atoms with Gasteiger partial charge in [-0.05, 0) is 74.0 Å². The number of hydrogen-bond acceptors (Lipinski definition) is 3. The van der Waals surface area contributed by atoms with Crippen LogP contribution in [0, 0.1) is 17.8 Å². The Kier molecular flexibility index (Phi) is 4.23. The molecule has 4 bridgehead atoms. The van der Waals surface area contributed by atoms with Crippen LogP contribution in [0.4, 0.5) is 5.69 Å². The van der Waals surface area contributed by atoms with Crippen molar-refractivity contribution in [1.29, 1.82) is 0 Å². The number of carbonyl (C=O) groups excluding carboxylic acids is 1. The summed E-state index contributed by atoms with van der Waals surface area (Å²) in [5.74, 6) is 2.35. The maximum atomic E-state index is 12.3. The Hall–Kier alpha value is -1.03. The van der Waals surface area contributed by atoms with Crippen LogP contribution < -0.4 is 5.73 Å². The first-order valence-electron chi connectivity index (χ1n) is 8.16. The first-order chi connectivity index (χ1) is 10.1. The summed E-state index contributed by atoms with van der Waals surface area (Å²) in [6, 6.07) is 7.51. The highest BCUT2D eigenvalue weighted by Gasteiger charge is 2.53. The lowest BCUT2D eigenvalue weighted by Gasteiger charge is -2.55. The molecular weight excluding hydrogens is 342 g/mol. The summed E-state index contributed by atoms with van der Waals surface area (Å²) in [4.78, 5) is 12.3. The number of esters is 1. The van der Waals surface area contributed by atoms with E-state index in [1.807, 2.05) is 24.3 Å². The second-order valence-electron chi connectivity index (χ2n) is 7.49. The number of ether oxygens (including phenoxy) is 1. The fourth-order valence-electron chi connectivity index (χ4n) is 5.24. The van der Waals surface area contributed by atoms with Crippen LogP contribution in [0.3, 0.4) is 0 Å². The molecule has 3 nitrogen and oxygen atoms in total. The molecule has 0 unspecified atom stereocenters. The lowest BCUT2D eigenvalue weighted by Crippen LogP contribution is -2.52. The van der Waals surface area contributed by atoms with Crippen LogP contribution in [0.15, 0.2) is 24.3 Å². The Morgan fingerprint density at radius 1 is 1.05 bits per heavy atom. The molecule has 0 amide bonds. The average molecular weight is 366 g/mol. The lowest BCUT2D eigenvalue weighted by molar-refractivity contribution is -0.185. The minimum atomic E-state index is -0.125. The van der Waals surface area contributed by atoms with E-state index >= 15 is 0 Å². The molecule has 4 aliphatic carbocycles. The SMILES string of the molecule is Br.Nc1ccc(CC(=O)OC23CC4CC(CC(C4)C2)C3)cc1. The molecule has 4 heteroatoms. The van der Waals surface area contributed by atoms with Gasteiger partial charge >= 0.3 is 5.97 Å². The van der Waals surface area contributed by atoms with Gasteiger partial charge in [-0.25, -0.2) is 0 Å². The van der Waals surface area contributed by atoms with Gasteiger partial charge in [0.05, 0.1) is 6.42 Å². The minimum Gasteiger partial charge on any atom is -0.459 e. The van der Waals surface area contributed by atoms with Crippen molar-refractivity contribution in [2.24, 2.45) is 17.8 Å². The molecule has 1 aromatic carbocycles. The summed E-state index contributed by atoms with van der Waals surface area (Å²) in [6.45, 7) is 0. The van der Waals surface area contributed by atoms with Crippen molar-refractivity contribution >= 4 is 28.6 Å². The quantitative estimate of drug-likeness (QED) is 0.652. The molecule has 22 heavy (non-hydrogen) atoms. The largest absolute Gasteiger partial charge is 0.459 e. The maximum absolute atomic E-state index is 12.3. The van der Waals surface area contributed by atoms with Crippen molar-refractivity contribution in [1.82, 2.24) is 0 Å². The maximum Gasteiger partial charge on any atom is 0.310 e. The van der Waals surface area contributed by atoms with Crippen LogP contribution in [0.2, 0.25) is 0 Å². The van der Waals surface area contributed by atoms with E-state index in [0.29, 0.717) is 6.42 Å². The highest BCUT2D eigenvalue weighted by molar-refractivity contribution is 8.93. The van der Waals surface area contributed by atoms with Crippen LogP contribution in [-0.2, 0) is 16.0 Å². The van der Waals surface area contributed by atoms with Gasteiger partial charge in [0, 0.05) is 5.69 Å². The number of nitrogen functional groups attached to an aromatic ring is 1. The van der Waals surface area contributed by atoms with Gasteiger partial charge in [-0.3, -0.25) is 4.79 Å². The Bertz CT molecular complexity index is 519. The molecule has 5 rings (SSSR count). The van der Waals surface area contributed by atoms with Crippen molar-refractivity contribution in [3.8, 4) is 0 Å². The minimum absolute atomic E-state index is 0. The van der Waals surface area contributed by atoms with Crippen molar-refractivity contribution in [2.45, 2.75) is 50.5 Å². The van der Waals surface area contributed by atoms with Gasteiger partial charge < -0.3 is 10.5 Å². The highest BCUT2D eigenvalue weighted by atomic mass is 79.9. The molecule has 2 N–H and O–H groups in total. The number of carbonyl (C=O) groups is 1. The zero-order chi connectivity index (χ0) is 14.4. The van der Waals surface area contributed by atoms with E-state index in [-0.39, 0.29) is 28.6 Å². The van der Waals surface area contributed by atoms with E-state index in [4.69, 9.17) is 10.5 Å². The molecular formula is C18H24BrNO2. The molecule has 0 aromatic heterocycles. The highest BCUT2D eigenvalue weighted by Crippen LogP contribution is 2.57. The Morgan fingerprint density at radius 3 is 2.05 bits per heavy atom. The molecule has 0 heterocycles. The summed E-state index contributed by atoms with van der Waals surface area (Å²) < 4.78 is 6.01. The molecule has 0 aliphatic heterocycles. The van der Waals surface area contributed by atoms with Gasteiger partial charge in [-0.1, -0.05) is 12.1 Å². The Balaban J connectivity index is 0.00000144. The zero-order valence-electron chi connectivity index (χ0n) is 12.8. The number of hydrogen-bond donors (Lipinski definition) is 1. The molecule has 0 atom stereocenters. The van der Waals surface area contributed by atoms with Crippen LogP contribution in [0.5, 0.6) is 0 Å². The number of benzene rings is 1. The standard InChI is InChI=1S/C18H23NO2.BrH/c19-16-3-1-12(2-4-16)8-17(20)21-18-9-13-5-14(10-18)7-15(6-13)11-18;/h1-4,13-15H,5-11,19H2;1H. The van der Waals surface area contributed by atoms with E-state index in [9.17, 15) is 4.79 Å². The predicted octanol–water partition coefficient (Wildman–Crippen LogP) is 3.90. The van der Waals surface area contributed by atoms with Gasteiger partial charge in [0.1, 0.15) is 5.60 Å². The van der Waals surface area contributed by atoms with Gasteiger partial charge in [0.25, 0.3) is 0 Å². The predicted molar refractivity (Wildman–Crippen MR) is 91.9 cm³/mol. The monoisotopic (exact) mass is 365 g/mol. The normalized spacial score (nSPS) is 35.0. The molecule has 0 spiro atoms. The van der Waals surface area contributed by atoms with Crippen LogP contribution in [0.25, 0.3) is 0 Å². The Labute approximate surface area is 142 Å². The first-order valence-corrected chi connectivity index (χ1v) is 8.16. The van der Waals surface area contributed by atoms with E-state index in [1.165, 1.54) is 19.3 Å². The molecule has 0 saturated heterocycles. The number of rotatable bonds is 3. The van der Waals surface area contributed by atoms with Crippen molar-refractivity contribution in [3.63, 3.8) is 0 Å². The third-order valence-corrected chi connectivity index (χ3v) is 5.64. The molecule has 120 valence electrons. The number of halogens is 1. The molecule has 4 aliphatic rings. The summed E-state index contributed by atoms with van der Waals surface area (Å²) >= 11 is 0. The molecule has 4 fully saturated rings. The summed E-state index contributed by atoms with van der Waals surface area (Å²) in [5, 5.41) is 0. The van der Waals surface area contributed by atoms with E-state index in [2.05, 4.69) is 0 Å². The number of anilines is 1. The topological polar surface area (TPSA) is 52.3 Å². The zero-order valence-corrected chi connectivity index (χ0v) is 14.5. The Morgan fingerprint density at radius 2 is 1.55 bits per heavy atom. The van der Waals surface area contributed by atoms with Crippen LogP contribution in [-0.4, -0.2) is 11.6 Å². The molecule has 0 radical (unpaired) electrons. The third-order valence-electron chi connectivity index (χ3n) is 5.64. The van der Waals surface area contributed by atoms with E-state index in [1.54, 1.807) is 0 Å². The smallest absolute Gasteiger partial charge is 0.310 e. The van der Waals surface area contributed by atoms with Gasteiger partial charge in [0.2, 0.25) is 0 Å². The van der Waals surface area contributed by atoms with E-state index < -0.39 is 0 Å². The molecule has 4 saturated carbocycles. The third kappa shape index (κ3) is 3.03. The molecule has 1 aromatic rings. The second-order valence-corrected chi connectivity index (χ2v) is 7.49. The van der Waals surface area contributed by atoms with Gasteiger partial charge in [0.15, 0.2) is 0 Å². The van der Waals surface area contributed by atoms with Crippen molar-refractivity contribution in [2.75, 3.05) is 5.73 Å².